The standard InChI is InChI=1S/C26H24P2.C13H39Si7.C3H9Si.Pd.Sn/c1-5-13-23(14-6-1)27(24-15-7-2-8-16-24)21-22-28(25-17-9-3-10-18-25)26-19-11-4-12-20-26;1-16(2,3)14-19(10,11)20(12,13)15(17(4,5)6)18(7,8)9;1-4(2)3;;/h1-20H,21-22H2;1-13H3;1-3H3;;/p+2. The van der Waals surface area contributed by atoms with Crippen LogP contribution in [0.1, 0.15) is 0 Å². The molecule has 0 spiro atoms. The summed E-state index contributed by atoms with van der Waals surface area (Å²) in [5, 5.41) is 6.06. The van der Waals surface area contributed by atoms with Crippen molar-refractivity contribution in [2.45, 2.75) is 105 Å². The third-order valence-corrected chi connectivity index (χ3v) is 125. The first-order chi connectivity index (χ1) is 24.0. The molecule has 4 aromatic carbocycles. The van der Waals surface area contributed by atoms with Crippen LogP contribution >= 0.6 is 15.8 Å². The normalized spacial score (nSPS) is 12.3. The van der Waals surface area contributed by atoms with Crippen LogP contribution in [0.4, 0.5) is 0 Å². The van der Waals surface area contributed by atoms with Gasteiger partial charge in [-0.05, 0) is 48.5 Å². The maximum atomic E-state index is 2.84. The number of hydrogen-bond donors (Lipinski definition) is 0. The first kappa shape index (κ1) is 54.9. The quantitative estimate of drug-likeness (QED) is 0.0925. The molecule has 8 radical (unpaired) electrons. The van der Waals surface area contributed by atoms with Crippen molar-refractivity contribution in [2.24, 2.45) is 0 Å². The predicted molar refractivity (Wildman–Crippen MR) is 276 cm³/mol. The second-order valence-corrected chi connectivity index (χ2v) is 91.6. The van der Waals surface area contributed by atoms with E-state index in [0.717, 1.165) is 0 Å². The van der Waals surface area contributed by atoms with Crippen LogP contribution in [0.3, 0.4) is 0 Å². The second-order valence-electron chi connectivity index (χ2n) is 18.9. The van der Waals surface area contributed by atoms with Crippen molar-refractivity contribution in [2.75, 3.05) is 12.3 Å². The van der Waals surface area contributed by atoms with Crippen LogP contribution in [0.15, 0.2) is 121 Å². The number of rotatable bonds is 13. The Morgan fingerprint density at radius 1 is 0.444 bits per heavy atom. The van der Waals surface area contributed by atoms with E-state index in [1.165, 1.54) is 42.1 Å². The largest absolute Gasteiger partial charge is 0.101 e. The first-order valence-corrected chi connectivity index (χ1v) is 50.8. The van der Waals surface area contributed by atoms with Gasteiger partial charge in [0.05, 0.1) is 37.1 Å². The summed E-state index contributed by atoms with van der Waals surface area (Å²) in [5.41, 5.74) is 0. The molecule has 12 heteroatoms. The monoisotopic (exact) mass is 1090 g/mol. The summed E-state index contributed by atoms with van der Waals surface area (Å²) in [4.78, 5) is 0. The SMILES string of the molecule is C[Si](C)(C)[Si][Si](C)(C)[Si](C)(C)[Si]([Si](C)(C)C)[Si](C)(C)C.C[Si](C)C.[Pd].[Sn].c1ccc([PH+](CC[PH+](c2ccccc2)c2ccccc2)c2ccccc2)cc1. The summed E-state index contributed by atoms with van der Waals surface area (Å²) < 4.78 is 0. The Kier molecular flexibility index (Phi) is 25.3. The van der Waals surface area contributed by atoms with E-state index >= 15 is 0 Å². The first-order valence-electron chi connectivity index (χ1n) is 19.3. The van der Waals surface area contributed by atoms with Crippen molar-refractivity contribution < 1.29 is 20.4 Å². The molecule has 0 aliphatic rings. The van der Waals surface area contributed by atoms with E-state index in [4.69, 9.17) is 0 Å². The predicted octanol–water partition coefficient (Wildman–Crippen LogP) is 10.6. The fourth-order valence-electron chi connectivity index (χ4n) is 8.12. The summed E-state index contributed by atoms with van der Waals surface area (Å²) in [7, 11) is -5.00. The molecule has 4 aromatic rings. The maximum absolute atomic E-state index is 2.84. The Bertz CT molecular complexity index is 1380. The molecule has 4 rings (SSSR count). The Morgan fingerprint density at radius 2 is 0.667 bits per heavy atom. The van der Waals surface area contributed by atoms with Gasteiger partial charge in [0.15, 0.2) is 0 Å². The topological polar surface area (TPSA) is 0 Å². The summed E-state index contributed by atoms with van der Waals surface area (Å²) in [6.45, 7) is 42.1. The molecule has 0 fully saturated rings. The Hall–Kier alpha value is 0.936. The maximum Gasteiger partial charge on any atom is 0.101 e. The van der Waals surface area contributed by atoms with Crippen LogP contribution in [0.5, 0.6) is 0 Å². The van der Waals surface area contributed by atoms with Crippen LogP contribution in [-0.4, -0.2) is 97.9 Å². The minimum absolute atomic E-state index is 0. The summed E-state index contributed by atoms with van der Waals surface area (Å²) in [6.07, 6.45) is 2.52. The number of hydrogen-bond acceptors (Lipinski definition) is 0. The molecule has 0 amide bonds. The second kappa shape index (κ2) is 24.9. The Labute approximate surface area is 377 Å². The molecule has 0 saturated heterocycles. The van der Waals surface area contributed by atoms with Crippen LogP contribution in [0.25, 0.3) is 0 Å². The molecular formula is C42H74P2PdSi8Sn+2. The smallest absolute Gasteiger partial charge is 0.0739 e. The Balaban J connectivity index is 0.000000960. The fraction of sp³-hybridized carbons (Fsp3) is 0.429. The van der Waals surface area contributed by atoms with Crippen molar-refractivity contribution in [3.05, 3.63) is 121 Å². The van der Waals surface area contributed by atoms with E-state index in [9.17, 15) is 0 Å². The van der Waals surface area contributed by atoms with Crippen molar-refractivity contribution >= 4 is 123 Å². The van der Waals surface area contributed by atoms with Gasteiger partial charge in [0, 0.05) is 106 Å². The van der Waals surface area contributed by atoms with E-state index in [-0.39, 0.29) is 60.5 Å². The molecule has 0 aromatic heterocycles. The van der Waals surface area contributed by atoms with Gasteiger partial charge < -0.3 is 0 Å². The molecule has 54 heavy (non-hydrogen) atoms. The summed E-state index contributed by atoms with van der Waals surface area (Å²) in [5.74, 6) is 0. The molecule has 0 heterocycles. The Morgan fingerprint density at radius 3 is 0.852 bits per heavy atom. The van der Waals surface area contributed by atoms with Crippen LogP contribution < -0.4 is 21.2 Å². The van der Waals surface area contributed by atoms with E-state index < -0.39 is 52.8 Å². The van der Waals surface area contributed by atoms with Crippen LogP contribution in [0, 0.1) is 0 Å². The molecular weight excluding hydrogens is 1020 g/mol. The van der Waals surface area contributed by atoms with Gasteiger partial charge in [-0.2, -0.15) is 0 Å². The van der Waals surface area contributed by atoms with E-state index in [1.54, 1.807) is 0 Å². The van der Waals surface area contributed by atoms with Crippen molar-refractivity contribution in [3.63, 3.8) is 0 Å². The molecule has 0 aliphatic carbocycles. The third kappa shape index (κ3) is 18.9. The van der Waals surface area contributed by atoms with Gasteiger partial charge >= 0.3 is 0 Å². The zero-order valence-electron chi connectivity index (χ0n) is 36.8. The van der Waals surface area contributed by atoms with Gasteiger partial charge in [-0.1, -0.05) is 178 Å². The van der Waals surface area contributed by atoms with E-state index in [0.29, 0.717) is 0 Å². The molecule has 0 saturated carbocycles. The number of benzene rings is 4. The van der Waals surface area contributed by atoms with Gasteiger partial charge in [-0.15, -0.1) is 0 Å². The zero-order chi connectivity index (χ0) is 39.4. The summed E-state index contributed by atoms with van der Waals surface area (Å²) >= 11 is 0. The minimum atomic E-state index is -1.03. The van der Waals surface area contributed by atoms with Gasteiger partial charge in [0.1, 0.15) is 12.3 Å². The van der Waals surface area contributed by atoms with Crippen molar-refractivity contribution in [3.8, 4) is 0 Å². The van der Waals surface area contributed by atoms with Gasteiger partial charge in [0.25, 0.3) is 0 Å². The van der Waals surface area contributed by atoms with Crippen molar-refractivity contribution in [1.82, 2.24) is 0 Å². The zero-order valence-corrected chi connectivity index (χ0v) is 51.2. The van der Waals surface area contributed by atoms with E-state index in [2.05, 4.69) is 226 Å². The molecule has 0 bridgehead atoms. The molecule has 0 nitrogen and oxygen atoms in total. The van der Waals surface area contributed by atoms with Crippen molar-refractivity contribution in [1.29, 1.82) is 0 Å². The summed E-state index contributed by atoms with van der Waals surface area (Å²) in [6, 6.07) is 44.5. The van der Waals surface area contributed by atoms with Gasteiger partial charge in [-0.25, -0.2) is 0 Å². The van der Waals surface area contributed by atoms with Crippen LogP contribution in [-0.2, 0) is 20.4 Å². The fourth-order valence-corrected chi connectivity index (χ4v) is 200. The molecule has 0 aliphatic heterocycles. The molecule has 296 valence electrons. The average Bonchev–Trinajstić information content (AvgIpc) is 3.02. The molecule has 0 N–H and O–H groups in total. The van der Waals surface area contributed by atoms with Crippen LogP contribution in [0.2, 0.25) is 105 Å². The minimum Gasteiger partial charge on any atom is -0.0739 e. The van der Waals surface area contributed by atoms with Gasteiger partial charge in [-0.3, -0.25) is 0 Å². The molecule has 0 atom stereocenters. The molecule has 0 unspecified atom stereocenters. The average molecular weight is 1090 g/mol. The third-order valence-electron chi connectivity index (χ3n) is 9.49. The van der Waals surface area contributed by atoms with Gasteiger partial charge in [0.2, 0.25) is 0 Å². The van der Waals surface area contributed by atoms with E-state index in [1.807, 2.05) is 0 Å².